The summed E-state index contributed by atoms with van der Waals surface area (Å²) in [6.07, 6.45) is 1.70. The lowest BCUT2D eigenvalue weighted by atomic mass is 10.1. The summed E-state index contributed by atoms with van der Waals surface area (Å²) in [5.41, 5.74) is 1.73. The second-order valence-electron chi connectivity index (χ2n) is 4.44. The molecule has 0 aliphatic carbocycles. The van der Waals surface area contributed by atoms with Gasteiger partial charge in [0.15, 0.2) is 0 Å². The average molecular weight is 262 g/mol. The molecule has 0 unspecified atom stereocenters. The molecule has 2 N–H and O–H groups in total. The standard InChI is InChI=1S/C13H18N4O2/c1-2-11-3-4-12(17(18)19)9-13(11)15-6-8-16-7-5-14-10-16/h2-4,9,14-15H,1,5-8,10H2. The number of non-ortho nitro benzene ring substituents is 1. The van der Waals surface area contributed by atoms with Crippen LogP contribution in [-0.2, 0) is 0 Å². The minimum Gasteiger partial charge on any atom is -0.383 e. The predicted molar refractivity (Wildman–Crippen MR) is 76.1 cm³/mol. The maximum Gasteiger partial charge on any atom is 0.271 e. The van der Waals surface area contributed by atoms with E-state index in [4.69, 9.17) is 0 Å². The van der Waals surface area contributed by atoms with Gasteiger partial charge in [0.2, 0.25) is 0 Å². The lowest BCUT2D eigenvalue weighted by Crippen LogP contribution is -2.28. The summed E-state index contributed by atoms with van der Waals surface area (Å²) in [6, 6.07) is 4.76. The number of hydrogen-bond donors (Lipinski definition) is 2. The molecule has 102 valence electrons. The minimum absolute atomic E-state index is 0.0935. The molecule has 1 aliphatic heterocycles. The summed E-state index contributed by atoms with van der Waals surface area (Å²) in [4.78, 5) is 12.7. The Morgan fingerprint density at radius 3 is 3.05 bits per heavy atom. The number of anilines is 1. The Labute approximate surface area is 112 Å². The third-order valence-corrected chi connectivity index (χ3v) is 3.15. The van der Waals surface area contributed by atoms with Crippen LogP contribution in [0, 0.1) is 10.1 Å². The van der Waals surface area contributed by atoms with Crippen molar-refractivity contribution in [1.82, 2.24) is 10.2 Å². The van der Waals surface area contributed by atoms with Crippen LogP contribution < -0.4 is 10.6 Å². The number of nitro groups is 1. The Bertz CT molecular complexity index is 470. The van der Waals surface area contributed by atoms with E-state index >= 15 is 0 Å². The molecule has 19 heavy (non-hydrogen) atoms. The lowest BCUT2D eigenvalue weighted by Gasteiger charge is -2.15. The smallest absolute Gasteiger partial charge is 0.271 e. The average Bonchev–Trinajstić information content (AvgIpc) is 2.91. The van der Waals surface area contributed by atoms with Crippen molar-refractivity contribution in [3.8, 4) is 0 Å². The Balaban J connectivity index is 1.98. The Hall–Kier alpha value is -1.92. The predicted octanol–water partition coefficient (Wildman–Crippen LogP) is 1.51. The number of nitrogens with one attached hydrogen (secondary N) is 2. The molecule has 1 saturated heterocycles. The highest BCUT2D eigenvalue weighted by Crippen LogP contribution is 2.23. The van der Waals surface area contributed by atoms with E-state index in [0.29, 0.717) is 0 Å². The van der Waals surface area contributed by atoms with Gasteiger partial charge < -0.3 is 10.6 Å². The minimum atomic E-state index is -0.386. The van der Waals surface area contributed by atoms with Gasteiger partial charge in [0, 0.05) is 50.7 Å². The van der Waals surface area contributed by atoms with Gasteiger partial charge in [-0.3, -0.25) is 15.0 Å². The first-order valence-corrected chi connectivity index (χ1v) is 6.28. The van der Waals surface area contributed by atoms with Gasteiger partial charge >= 0.3 is 0 Å². The first kappa shape index (κ1) is 13.5. The van der Waals surface area contributed by atoms with Crippen molar-refractivity contribution in [1.29, 1.82) is 0 Å². The van der Waals surface area contributed by atoms with Crippen LogP contribution in [0.3, 0.4) is 0 Å². The molecule has 0 aromatic heterocycles. The maximum atomic E-state index is 10.8. The van der Waals surface area contributed by atoms with E-state index in [-0.39, 0.29) is 10.6 Å². The molecule has 6 heteroatoms. The highest BCUT2D eigenvalue weighted by molar-refractivity contribution is 5.68. The van der Waals surface area contributed by atoms with Crippen molar-refractivity contribution in [3.63, 3.8) is 0 Å². The van der Waals surface area contributed by atoms with Crippen LogP contribution >= 0.6 is 0 Å². The summed E-state index contributed by atoms with van der Waals surface area (Å²) in [5, 5.41) is 17.3. The summed E-state index contributed by atoms with van der Waals surface area (Å²) in [5.74, 6) is 0. The van der Waals surface area contributed by atoms with E-state index in [1.807, 2.05) is 0 Å². The molecule has 6 nitrogen and oxygen atoms in total. The highest BCUT2D eigenvalue weighted by atomic mass is 16.6. The molecule has 0 spiro atoms. The second kappa shape index (κ2) is 6.31. The number of nitro benzene ring substituents is 1. The number of hydrogen-bond acceptors (Lipinski definition) is 5. The molecule has 0 amide bonds. The van der Waals surface area contributed by atoms with Gasteiger partial charge in [-0.2, -0.15) is 0 Å². The van der Waals surface area contributed by atoms with Crippen LogP contribution in [0.2, 0.25) is 0 Å². The summed E-state index contributed by atoms with van der Waals surface area (Å²) >= 11 is 0. The Morgan fingerprint density at radius 2 is 2.42 bits per heavy atom. The molecule has 0 bridgehead atoms. The number of rotatable bonds is 6. The molecule has 1 aromatic carbocycles. The number of nitrogens with zero attached hydrogens (tertiary/aromatic N) is 2. The molecule has 0 radical (unpaired) electrons. The van der Waals surface area contributed by atoms with E-state index in [2.05, 4.69) is 22.1 Å². The van der Waals surface area contributed by atoms with Crippen molar-refractivity contribution < 1.29 is 4.92 Å². The normalized spacial score (nSPS) is 15.4. The Morgan fingerprint density at radius 1 is 1.58 bits per heavy atom. The zero-order chi connectivity index (χ0) is 13.7. The largest absolute Gasteiger partial charge is 0.383 e. The van der Waals surface area contributed by atoms with Crippen molar-refractivity contribution in [2.45, 2.75) is 0 Å². The van der Waals surface area contributed by atoms with Crippen LogP contribution in [0.5, 0.6) is 0 Å². The van der Waals surface area contributed by atoms with E-state index in [0.717, 1.165) is 44.1 Å². The number of benzene rings is 1. The van der Waals surface area contributed by atoms with Gasteiger partial charge in [-0.25, -0.2) is 0 Å². The topological polar surface area (TPSA) is 70.4 Å². The van der Waals surface area contributed by atoms with Crippen LogP contribution in [0.4, 0.5) is 11.4 Å². The lowest BCUT2D eigenvalue weighted by molar-refractivity contribution is -0.384. The molecule has 1 aliphatic rings. The van der Waals surface area contributed by atoms with Gasteiger partial charge in [-0.05, 0) is 11.6 Å². The van der Waals surface area contributed by atoms with Gasteiger partial charge in [-0.15, -0.1) is 0 Å². The van der Waals surface area contributed by atoms with Crippen molar-refractivity contribution >= 4 is 17.5 Å². The zero-order valence-electron chi connectivity index (χ0n) is 10.8. The molecule has 2 rings (SSSR count). The first-order valence-electron chi connectivity index (χ1n) is 6.28. The first-order chi connectivity index (χ1) is 9.20. The fourth-order valence-electron chi connectivity index (χ4n) is 2.08. The summed E-state index contributed by atoms with van der Waals surface area (Å²) < 4.78 is 0. The van der Waals surface area contributed by atoms with E-state index < -0.39 is 0 Å². The fraction of sp³-hybridized carbons (Fsp3) is 0.385. The molecular weight excluding hydrogens is 244 g/mol. The van der Waals surface area contributed by atoms with Crippen LogP contribution in [0.25, 0.3) is 6.08 Å². The van der Waals surface area contributed by atoms with Crippen LogP contribution in [0.15, 0.2) is 24.8 Å². The van der Waals surface area contributed by atoms with Crippen molar-refractivity contribution in [2.24, 2.45) is 0 Å². The molecular formula is C13H18N4O2. The van der Waals surface area contributed by atoms with Crippen molar-refractivity contribution in [2.75, 3.05) is 38.2 Å². The highest BCUT2D eigenvalue weighted by Gasteiger charge is 2.11. The molecule has 0 saturated carbocycles. The summed E-state index contributed by atoms with van der Waals surface area (Å²) in [6.45, 7) is 8.36. The van der Waals surface area contributed by atoms with Gasteiger partial charge in [0.1, 0.15) is 0 Å². The van der Waals surface area contributed by atoms with Crippen LogP contribution in [-0.4, -0.2) is 42.7 Å². The monoisotopic (exact) mass is 262 g/mol. The second-order valence-corrected chi connectivity index (χ2v) is 4.44. The third-order valence-electron chi connectivity index (χ3n) is 3.15. The summed E-state index contributed by atoms with van der Waals surface area (Å²) in [7, 11) is 0. The quantitative estimate of drug-likeness (QED) is 0.600. The molecule has 0 atom stereocenters. The molecule has 1 fully saturated rings. The molecule has 1 aromatic rings. The van der Waals surface area contributed by atoms with E-state index in [1.165, 1.54) is 6.07 Å². The fourth-order valence-corrected chi connectivity index (χ4v) is 2.08. The van der Waals surface area contributed by atoms with Gasteiger partial charge in [0.05, 0.1) is 4.92 Å². The zero-order valence-corrected chi connectivity index (χ0v) is 10.8. The SMILES string of the molecule is C=Cc1ccc([N+](=O)[O-])cc1NCCN1CCNC1. The van der Waals surface area contributed by atoms with Crippen molar-refractivity contribution in [3.05, 3.63) is 40.5 Å². The maximum absolute atomic E-state index is 10.8. The molecule has 1 heterocycles. The third kappa shape index (κ3) is 3.52. The van der Waals surface area contributed by atoms with Crippen LogP contribution in [0.1, 0.15) is 5.56 Å². The Kier molecular flexibility index (Phi) is 4.48. The van der Waals surface area contributed by atoms with Gasteiger partial charge in [0.25, 0.3) is 5.69 Å². The van der Waals surface area contributed by atoms with Gasteiger partial charge in [-0.1, -0.05) is 12.7 Å². The van der Waals surface area contributed by atoms with E-state index in [9.17, 15) is 10.1 Å². The van der Waals surface area contributed by atoms with E-state index in [1.54, 1.807) is 18.2 Å².